The van der Waals surface area contributed by atoms with Crippen LogP contribution in [0, 0.1) is 0 Å². The van der Waals surface area contributed by atoms with Crippen molar-refractivity contribution in [3.63, 3.8) is 0 Å². The number of fused-ring (bicyclic) bond motifs is 2. The first-order valence-corrected chi connectivity index (χ1v) is 11.4. The van der Waals surface area contributed by atoms with Gasteiger partial charge in [0.05, 0.1) is 26.9 Å². The highest BCUT2D eigenvalue weighted by Gasteiger charge is 2.22. The number of halogens is 1. The summed E-state index contributed by atoms with van der Waals surface area (Å²) in [6.07, 6.45) is 0. The lowest BCUT2D eigenvalue weighted by atomic mass is 10.2. The summed E-state index contributed by atoms with van der Waals surface area (Å²) in [7, 11) is 0. The summed E-state index contributed by atoms with van der Waals surface area (Å²) in [6.45, 7) is 1.91. The average molecular weight is 480 g/mol. The fourth-order valence-electron chi connectivity index (χ4n) is 3.47. The summed E-state index contributed by atoms with van der Waals surface area (Å²) >= 11 is 7.59. The van der Waals surface area contributed by atoms with Gasteiger partial charge in [-0.3, -0.25) is 14.2 Å². The highest BCUT2D eigenvalue weighted by atomic mass is 35.5. The van der Waals surface area contributed by atoms with Crippen LogP contribution in [-0.2, 0) is 4.79 Å². The summed E-state index contributed by atoms with van der Waals surface area (Å²) in [6, 6.07) is 19.4. The van der Waals surface area contributed by atoms with Gasteiger partial charge in [-0.05, 0) is 43.3 Å². The number of thioether (sulfide) groups is 1. The van der Waals surface area contributed by atoms with E-state index in [1.54, 1.807) is 67.6 Å². The summed E-state index contributed by atoms with van der Waals surface area (Å²) in [5, 5.41) is 3.58. The van der Waals surface area contributed by atoms with Crippen molar-refractivity contribution in [2.75, 3.05) is 12.1 Å². The van der Waals surface area contributed by atoms with E-state index >= 15 is 0 Å². The maximum absolute atomic E-state index is 13.4. The fraction of sp³-hybridized carbons (Fsp3) is 0.125. The molecule has 0 radical (unpaired) electrons. The molecule has 7 nitrogen and oxygen atoms in total. The number of carbonyl (C=O) groups is 1. The molecule has 166 valence electrons. The summed E-state index contributed by atoms with van der Waals surface area (Å²) < 4.78 is 12.1. The number of nitrogens with one attached hydrogen (secondary N) is 1. The number of hydrogen-bond donors (Lipinski definition) is 1. The van der Waals surface area contributed by atoms with E-state index in [0.717, 1.165) is 0 Å². The summed E-state index contributed by atoms with van der Waals surface area (Å²) in [5.74, 6) is 0.975. The molecule has 5 rings (SSSR count). The minimum Gasteiger partial charge on any atom is -0.454 e. The van der Waals surface area contributed by atoms with E-state index in [0.29, 0.717) is 44.0 Å². The highest BCUT2D eigenvalue weighted by molar-refractivity contribution is 8.00. The second kappa shape index (κ2) is 8.80. The number of nitrogens with zero attached hydrogens (tertiary/aromatic N) is 2. The van der Waals surface area contributed by atoms with Gasteiger partial charge in [0, 0.05) is 11.8 Å². The third-order valence-corrected chi connectivity index (χ3v) is 6.50. The molecule has 1 N–H and O–H groups in total. The first-order valence-electron chi connectivity index (χ1n) is 10.1. The molecule has 0 fully saturated rings. The zero-order valence-corrected chi connectivity index (χ0v) is 19.0. The molecule has 9 heteroatoms. The molecule has 1 atom stereocenters. The number of amides is 1. The van der Waals surface area contributed by atoms with Gasteiger partial charge in [-0.1, -0.05) is 47.6 Å². The van der Waals surface area contributed by atoms with E-state index in [1.807, 2.05) is 6.07 Å². The molecule has 3 aromatic carbocycles. The normalized spacial score (nSPS) is 13.2. The smallest absolute Gasteiger partial charge is 0.266 e. The Morgan fingerprint density at radius 2 is 1.85 bits per heavy atom. The first kappa shape index (κ1) is 21.4. The van der Waals surface area contributed by atoms with Gasteiger partial charge < -0.3 is 14.8 Å². The molecular formula is C24H18ClN3O4S. The molecule has 2 heterocycles. The molecule has 0 aliphatic carbocycles. The van der Waals surface area contributed by atoms with E-state index in [1.165, 1.54) is 16.3 Å². The lowest BCUT2D eigenvalue weighted by Crippen LogP contribution is -2.26. The van der Waals surface area contributed by atoms with Crippen molar-refractivity contribution in [2.45, 2.75) is 17.3 Å². The molecule has 0 spiro atoms. The largest absolute Gasteiger partial charge is 0.454 e. The molecule has 0 unspecified atom stereocenters. The Balaban J connectivity index is 1.49. The molecule has 1 aliphatic heterocycles. The van der Waals surface area contributed by atoms with Gasteiger partial charge >= 0.3 is 0 Å². The lowest BCUT2D eigenvalue weighted by molar-refractivity contribution is -0.115. The molecule has 0 saturated carbocycles. The lowest BCUT2D eigenvalue weighted by Gasteiger charge is -2.17. The number of carbonyl (C=O) groups excluding carboxylic acids is 1. The maximum atomic E-state index is 13.4. The number of anilines is 1. The molecule has 4 aromatic rings. The van der Waals surface area contributed by atoms with Crippen LogP contribution in [0.4, 0.5) is 5.69 Å². The molecular weight excluding hydrogens is 462 g/mol. The van der Waals surface area contributed by atoms with E-state index < -0.39 is 5.25 Å². The van der Waals surface area contributed by atoms with Crippen LogP contribution in [0.3, 0.4) is 0 Å². The Morgan fingerprint density at radius 1 is 1.09 bits per heavy atom. The summed E-state index contributed by atoms with van der Waals surface area (Å²) in [4.78, 5) is 31.0. The molecule has 0 bridgehead atoms. The second-order valence-corrected chi connectivity index (χ2v) is 9.04. The number of hydrogen-bond acceptors (Lipinski definition) is 6. The van der Waals surface area contributed by atoms with Gasteiger partial charge in [0.25, 0.3) is 5.56 Å². The predicted molar refractivity (Wildman–Crippen MR) is 129 cm³/mol. The Labute approximate surface area is 198 Å². The van der Waals surface area contributed by atoms with Gasteiger partial charge in [0.2, 0.25) is 12.7 Å². The van der Waals surface area contributed by atoms with Crippen LogP contribution in [0.5, 0.6) is 11.5 Å². The molecule has 1 amide bonds. The Bertz CT molecular complexity index is 1440. The van der Waals surface area contributed by atoms with Crippen LogP contribution in [-0.4, -0.2) is 27.5 Å². The Kier molecular flexibility index (Phi) is 5.70. The van der Waals surface area contributed by atoms with E-state index in [2.05, 4.69) is 10.3 Å². The third kappa shape index (κ3) is 4.15. The van der Waals surface area contributed by atoms with Crippen molar-refractivity contribution < 1.29 is 14.3 Å². The zero-order valence-electron chi connectivity index (χ0n) is 17.4. The van der Waals surface area contributed by atoms with Gasteiger partial charge in [-0.15, -0.1) is 0 Å². The topological polar surface area (TPSA) is 82.5 Å². The average Bonchev–Trinajstić information content (AvgIpc) is 3.28. The third-order valence-electron chi connectivity index (χ3n) is 5.13. The van der Waals surface area contributed by atoms with Crippen LogP contribution >= 0.6 is 23.4 Å². The standard InChI is InChI=1S/C24H18ClN3O4S/c1-14(22(29)26-15-10-11-20-21(12-15)32-13-31-20)33-24-27-18-8-4-2-6-16(18)23(30)28(24)19-9-5-3-7-17(19)25/h2-12,14H,13H2,1H3,(H,26,29)/t14-/m0/s1. The van der Waals surface area contributed by atoms with E-state index in [-0.39, 0.29) is 18.3 Å². The quantitative estimate of drug-likeness (QED) is 0.324. The van der Waals surface area contributed by atoms with E-state index in [4.69, 9.17) is 21.1 Å². The zero-order chi connectivity index (χ0) is 22.9. The van der Waals surface area contributed by atoms with Gasteiger partial charge in [-0.2, -0.15) is 0 Å². The molecule has 0 saturated heterocycles. The second-order valence-electron chi connectivity index (χ2n) is 7.32. The molecule has 1 aromatic heterocycles. The Hall–Kier alpha value is -3.49. The maximum Gasteiger partial charge on any atom is 0.266 e. The first-order chi connectivity index (χ1) is 16.0. The molecule has 33 heavy (non-hydrogen) atoms. The number of benzene rings is 3. The van der Waals surface area contributed by atoms with Crippen LogP contribution in [0.2, 0.25) is 5.02 Å². The number of para-hydroxylation sites is 2. The number of aromatic nitrogens is 2. The van der Waals surface area contributed by atoms with Crippen molar-refractivity contribution in [2.24, 2.45) is 0 Å². The number of rotatable bonds is 5. The SMILES string of the molecule is C[C@H](Sc1nc2ccccc2c(=O)n1-c1ccccc1Cl)C(=O)Nc1ccc2c(c1)OCO2. The predicted octanol–water partition coefficient (Wildman–Crippen LogP) is 4.89. The minimum atomic E-state index is -0.558. The monoisotopic (exact) mass is 479 g/mol. The van der Waals surface area contributed by atoms with Crippen LogP contribution in [0.1, 0.15) is 6.92 Å². The highest BCUT2D eigenvalue weighted by Crippen LogP contribution is 2.35. The van der Waals surface area contributed by atoms with Gasteiger partial charge in [0.15, 0.2) is 16.7 Å². The van der Waals surface area contributed by atoms with Crippen molar-refractivity contribution in [3.8, 4) is 17.2 Å². The van der Waals surface area contributed by atoms with Gasteiger partial charge in [0.1, 0.15) is 0 Å². The van der Waals surface area contributed by atoms with Crippen molar-refractivity contribution in [1.82, 2.24) is 9.55 Å². The summed E-state index contributed by atoms with van der Waals surface area (Å²) in [5.41, 5.74) is 1.40. The fourth-order valence-corrected chi connectivity index (χ4v) is 4.61. The number of ether oxygens (including phenoxy) is 2. The van der Waals surface area contributed by atoms with E-state index in [9.17, 15) is 9.59 Å². The molecule has 1 aliphatic rings. The van der Waals surface area contributed by atoms with Gasteiger partial charge in [-0.25, -0.2) is 4.98 Å². The van der Waals surface area contributed by atoms with Crippen molar-refractivity contribution in [3.05, 3.63) is 82.1 Å². The minimum absolute atomic E-state index is 0.159. The van der Waals surface area contributed by atoms with Crippen molar-refractivity contribution >= 4 is 45.9 Å². The van der Waals surface area contributed by atoms with Crippen LogP contribution < -0.4 is 20.3 Å². The van der Waals surface area contributed by atoms with Crippen LogP contribution in [0.15, 0.2) is 76.7 Å². The van der Waals surface area contributed by atoms with Crippen LogP contribution in [0.25, 0.3) is 16.6 Å². The Morgan fingerprint density at radius 3 is 2.70 bits per heavy atom. The van der Waals surface area contributed by atoms with Crippen molar-refractivity contribution in [1.29, 1.82) is 0 Å².